The van der Waals surface area contributed by atoms with Crippen molar-refractivity contribution in [3.05, 3.63) is 75.7 Å². The molecule has 0 amide bonds. The van der Waals surface area contributed by atoms with Crippen molar-refractivity contribution in [2.45, 2.75) is 6.42 Å². The number of hydrogen-bond acceptors (Lipinski definition) is 5. The van der Waals surface area contributed by atoms with Gasteiger partial charge < -0.3 is 14.1 Å². The fraction of sp³-hybridized carbons (Fsp3) is 0.238. The molecular weight excluding hydrogens is 425 g/mol. The summed E-state index contributed by atoms with van der Waals surface area (Å²) in [5.74, 6) is 0.652. The Morgan fingerprint density at radius 3 is 2.82 bits per heavy atom. The molecule has 0 N–H and O–H groups in total. The van der Waals surface area contributed by atoms with E-state index in [-0.39, 0.29) is 5.82 Å². The largest absolute Gasteiger partial charge is 0.421 e. The molecule has 0 aliphatic heterocycles. The van der Waals surface area contributed by atoms with Gasteiger partial charge in [-0.05, 0) is 47.5 Å². The summed E-state index contributed by atoms with van der Waals surface area (Å²) in [7, 11) is 3.54. The molecule has 0 saturated heterocycles. The number of nitrogens with zero attached hydrogens (tertiary/aromatic N) is 3. The molecule has 5 nitrogen and oxygen atoms in total. The van der Waals surface area contributed by atoms with Crippen molar-refractivity contribution >= 4 is 33.8 Å². The molecule has 0 unspecified atom stereocenters. The van der Waals surface area contributed by atoms with Crippen LogP contribution in [0.5, 0.6) is 0 Å². The van der Waals surface area contributed by atoms with Gasteiger partial charge in [0.25, 0.3) is 0 Å². The monoisotopic (exact) mass is 445 g/mol. The average Bonchev–Trinajstić information content (AvgIpc) is 3.12. The van der Waals surface area contributed by atoms with E-state index in [0.717, 1.165) is 21.3 Å². The smallest absolute Gasteiger partial charge is 0.240 e. The second kappa shape index (κ2) is 9.61. The molecule has 0 radical (unpaired) electrons. The molecule has 1 heterocycles. The van der Waals surface area contributed by atoms with Crippen molar-refractivity contribution in [1.29, 1.82) is 0 Å². The van der Waals surface area contributed by atoms with Crippen LogP contribution in [0.1, 0.15) is 22.9 Å². The number of ether oxygens (including phenoxy) is 1. The maximum Gasteiger partial charge on any atom is 0.240 e. The third-order valence-corrected chi connectivity index (χ3v) is 4.66. The molecule has 7 heteroatoms. The molecule has 0 spiro atoms. The molecule has 0 atom stereocenters. The van der Waals surface area contributed by atoms with Crippen molar-refractivity contribution in [3.8, 4) is 0 Å². The quantitative estimate of drug-likeness (QED) is 0.497. The van der Waals surface area contributed by atoms with Crippen molar-refractivity contribution in [3.63, 3.8) is 0 Å². The number of methoxy groups -OCH3 is 1. The van der Waals surface area contributed by atoms with E-state index in [4.69, 9.17) is 9.15 Å². The van der Waals surface area contributed by atoms with Crippen LogP contribution in [0.15, 0.2) is 51.4 Å². The standard InChI is InChI=1S/C21H21BrFN3O2/c1-26(10-11-27-2)19-14-18(23)8-6-16(19)7-9-20-24-25-21(28-20)13-15-4-3-5-17(22)12-15/h3-9,12,14H,10-11,13H2,1-2H3/b9-7+. The lowest BCUT2D eigenvalue weighted by atomic mass is 10.1. The first-order valence-electron chi connectivity index (χ1n) is 8.79. The lowest BCUT2D eigenvalue weighted by Crippen LogP contribution is -2.22. The molecular formula is C21H21BrFN3O2. The van der Waals surface area contributed by atoms with Crippen LogP contribution in [0, 0.1) is 5.82 Å². The van der Waals surface area contributed by atoms with Gasteiger partial charge in [-0.3, -0.25) is 0 Å². The van der Waals surface area contributed by atoms with E-state index in [1.807, 2.05) is 42.3 Å². The van der Waals surface area contributed by atoms with E-state index in [1.54, 1.807) is 19.3 Å². The highest BCUT2D eigenvalue weighted by molar-refractivity contribution is 9.10. The summed E-state index contributed by atoms with van der Waals surface area (Å²) >= 11 is 3.45. The van der Waals surface area contributed by atoms with Crippen LogP contribution in [0.2, 0.25) is 0 Å². The van der Waals surface area contributed by atoms with Crippen LogP contribution >= 0.6 is 15.9 Å². The molecule has 0 fully saturated rings. The van der Waals surface area contributed by atoms with Crippen LogP contribution in [-0.2, 0) is 11.2 Å². The summed E-state index contributed by atoms with van der Waals surface area (Å²) in [6.45, 7) is 1.21. The number of rotatable bonds is 8. The second-order valence-electron chi connectivity index (χ2n) is 6.29. The van der Waals surface area contributed by atoms with E-state index in [2.05, 4.69) is 26.1 Å². The maximum absolute atomic E-state index is 13.7. The van der Waals surface area contributed by atoms with E-state index in [9.17, 15) is 4.39 Å². The zero-order valence-electron chi connectivity index (χ0n) is 15.7. The van der Waals surface area contributed by atoms with Gasteiger partial charge in [0.1, 0.15) is 5.82 Å². The minimum atomic E-state index is -0.287. The number of hydrogen-bond donors (Lipinski definition) is 0. The highest BCUT2D eigenvalue weighted by atomic mass is 79.9. The van der Waals surface area contributed by atoms with Gasteiger partial charge >= 0.3 is 0 Å². The number of benzene rings is 2. The molecule has 2 aromatic carbocycles. The van der Waals surface area contributed by atoms with Gasteiger partial charge in [0.2, 0.25) is 11.8 Å². The first kappa shape index (κ1) is 20.2. The predicted molar refractivity (Wildman–Crippen MR) is 112 cm³/mol. The summed E-state index contributed by atoms with van der Waals surface area (Å²) in [6.07, 6.45) is 4.13. The first-order valence-corrected chi connectivity index (χ1v) is 9.59. The van der Waals surface area contributed by atoms with Crippen LogP contribution < -0.4 is 4.90 Å². The number of anilines is 1. The Balaban J connectivity index is 1.74. The predicted octanol–water partition coefficient (Wildman–Crippen LogP) is 4.82. The van der Waals surface area contributed by atoms with Crippen molar-refractivity contribution in [2.24, 2.45) is 0 Å². The number of aromatic nitrogens is 2. The van der Waals surface area contributed by atoms with E-state index < -0.39 is 0 Å². The Morgan fingerprint density at radius 2 is 2.04 bits per heavy atom. The molecule has 1 aromatic heterocycles. The summed E-state index contributed by atoms with van der Waals surface area (Å²) in [5.41, 5.74) is 2.70. The highest BCUT2D eigenvalue weighted by Crippen LogP contribution is 2.23. The molecule has 146 valence electrons. The SMILES string of the molecule is COCCN(C)c1cc(F)ccc1/C=C/c1nnc(Cc2cccc(Br)c2)o1. The molecule has 3 rings (SSSR count). The lowest BCUT2D eigenvalue weighted by molar-refractivity contribution is 0.206. The summed E-state index contributed by atoms with van der Waals surface area (Å²) in [5, 5.41) is 8.16. The first-order chi connectivity index (χ1) is 13.5. The topological polar surface area (TPSA) is 51.4 Å². The van der Waals surface area contributed by atoms with Crippen LogP contribution in [0.25, 0.3) is 12.2 Å². The van der Waals surface area contributed by atoms with Crippen molar-refractivity contribution in [2.75, 3.05) is 32.2 Å². The van der Waals surface area contributed by atoms with Crippen LogP contribution in [0.4, 0.5) is 10.1 Å². The van der Waals surface area contributed by atoms with Gasteiger partial charge in [-0.15, -0.1) is 10.2 Å². The minimum absolute atomic E-state index is 0.287. The molecule has 3 aromatic rings. The average molecular weight is 446 g/mol. The Morgan fingerprint density at radius 1 is 1.18 bits per heavy atom. The number of likely N-dealkylation sites (N-methyl/N-ethyl adjacent to an activating group) is 1. The molecule has 0 aliphatic rings. The summed E-state index contributed by atoms with van der Waals surface area (Å²) in [6, 6.07) is 12.6. The fourth-order valence-corrected chi connectivity index (χ4v) is 3.17. The number of halogens is 2. The van der Waals surface area contributed by atoms with Gasteiger partial charge in [-0.25, -0.2) is 4.39 Å². The van der Waals surface area contributed by atoms with Crippen molar-refractivity contribution in [1.82, 2.24) is 10.2 Å². The Labute approximate surface area is 172 Å². The third kappa shape index (κ3) is 5.50. The van der Waals surface area contributed by atoms with Crippen LogP contribution in [-0.4, -0.2) is 37.5 Å². The molecule has 0 saturated carbocycles. The zero-order chi connectivity index (χ0) is 19.9. The van der Waals surface area contributed by atoms with Gasteiger partial charge in [0, 0.05) is 36.9 Å². The van der Waals surface area contributed by atoms with E-state index in [0.29, 0.717) is 31.4 Å². The van der Waals surface area contributed by atoms with Crippen LogP contribution in [0.3, 0.4) is 0 Å². The molecule has 0 bridgehead atoms. The summed E-state index contributed by atoms with van der Waals surface area (Å²) in [4.78, 5) is 1.94. The van der Waals surface area contributed by atoms with Gasteiger partial charge in [-0.1, -0.05) is 28.1 Å². The highest BCUT2D eigenvalue weighted by Gasteiger charge is 2.09. The third-order valence-electron chi connectivity index (χ3n) is 4.17. The Hall–Kier alpha value is -2.51. The Kier molecular flexibility index (Phi) is 6.95. The second-order valence-corrected chi connectivity index (χ2v) is 7.21. The zero-order valence-corrected chi connectivity index (χ0v) is 17.3. The molecule has 0 aliphatic carbocycles. The van der Waals surface area contributed by atoms with Gasteiger partial charge in [-0.2, -0.15) is 0 Å². The minimum Gasteiger partial charge on any atom is -0.421 e. The normalized spacial score (nSPS) is 11.3. The lowest BCUT2D eigenvalue weighted by Gasteiger charge is -2.21. The van der Waals surface area contributed by atoms with Crippen molar-refractivity contribution < 1.29 is 13.5 Å². The fourth-order valence-electron chi connectivity index (χ4n) is 2.72. The van der Waals surface area contributed by atoms with Gasteiger partial charge in [0.05, 0.1) is 13.0 Å². The maximum atomic E-state index is 13.7. The van der Waals surface area contributed by atoms with E-state index in [1.165, 1.54) is 12.1 Å². The molecule has 28 heavy (non-hydrogen) atoms. The summed E-state index contributed by atoms with van der Waals surface area (Å²) < 4.78 is 25.5. The van der Waals surface area contributed by atoms with E-state index >= 15 is 0 Å². The Bertz CT molecular complexity index is 958. The van der Waals surface area contributed by atoms with Gasteiger partial charge in [0.15, 0.2) is 0 Å².